The number of aromatic nitrogens is 2. The van der Waals surface area contributed by atoms with Crippen LogP contribution in [-0.2, 0) is 14.2 Å². The first-order valence-corrected chi connectivity index (χ1v) is 11.8. The molecule has 2 heterocycles. The summed E-state index contributed by atoms with van der Waals surface area (Å²) < 4.78 is 17.8. The zero-order valence-corrected chi connectivity index (χ0v) is 20.9. The van der Waals surface area contributed by atoms with Crippen molar-refractivity contribution in [2.24, 2.45) is 0 Å². The molecule has 0 unspecified atom stereocenters. The summed E-state index contributed by atoms with van der Waals surface area (Å²) in [6.07, 6.45) is 1.49. The fraction of sp³-hybridized carbons (Fsp3) is 0.391. The molecule has 2 aromatic heterocycles. The summed E-state index contributed by atoms with van der Waals surface area (Å²) >= 11 is 19.4. The largest absolute Gasteiger partial charge is 0.394 e. The number of aliphatic hydroxyl groups excluding tert-OH is 1. The number of halogens is 3. The number of pyridine rings is 2. The standard InChI is InChI=1S/C23H26Cl3N3O5/c1-15-13-19(31)20-22(29(15)21-16(24)3-2-4-17(21)25)18(26)14-28-23(20)27-5-7-32-9-11-34-12-10-33-8-6-30/h2-4,13-14,30H,5-12H2,1H3,(H,27,28). The molecule has 0 radical (unpaired) electrons. The van der Waals surface area contributed by atoms with Gasteiger partial charge >= 0.3 is 0 Å². The van der Waals surface area contributed by atoms with Crippen molar-refractivity contribution >= 4 is 51.5 Å². The van der Waals surface area contributed by atoms with Gasteiger partial charge in [-0.15, -0.1) is 0 Å². The third kappa shape index (κ3) is 6.60. The maximum absolute atomic E-state index is 12.9. The highest BCUT2D eigenvalue weighted by atomic mass is 35.5. The van der Waals surface area contributed by atoms with Crippen LogP contribution in [0.15, 0.2) is 35.3 Å². The Balaban J connectivity index is 1.71. The van der Waals surface area contributed by atoms with Crippen molar-refractivity contribution in [2.75, 3.05) is 58.1 Å². The van der Waals surface area contributed by atoms with Gasteiger partial charge in [0, 0.05) is 18.3 Å². The monoisotopic (exact) mass is 529 g/mol. The van der Waals surface area contributed by atoms with Gasteiger partial charge in [-0.3, -0.25) is 4.79 Å². The molecular weight excluding hydrogens is 505 g/mol. The van der Waals surface area contributed by atoms with Gasteiger partial charge in [-0.2, -0.15) is 0 Å². The highest BCUT2D eigenvalue weighted by molar-refractivity contribution is 6.38. The van der Waals surface area contributed by atoms with Gasteiger partial charge in [-0.1, -0.05) is 40.9 Å². The van der Waals surface area contributed by atoms with E-state index in [9.17, 15) is 4.79 Å². The fourth-order valence-electron chi connectivity index (χ4n) is 3.41. The van der Waals surface area contributed by atoms with E-state index in [-0.39, 0.29) is 12.0 Å². The van der Waals surface area contributed by atoms with Gasteiger partial charge in [-0.05, 0) is 19.1 Å². The van der Waals surface area contributed by atoms with E-state index >= 15 is 0 Å². The van der Waals surface area contributed by atoms with Crippen LogP contribution in [0.3, 0.4) is 0 Å². The number of rotatable bonds is 13. The number of para-hydroxylation sites is 1. The van der Waals surface area contributed by atoms with Gasteiger partial charge in [0.25, 0.3) is 0 Å². The van der Waals surface area contributed by atoms with E-state index in [4.69, 9.17) is 54.1 Å². The second-order valence-corrected chi connectivity index (χ2v) is 8.44. The number of hydrogen-bond donors (Lipinski definition) is 2. The molecule has 0 amide bonds. The number of nitrogens with zero attached hydrogens (tertiary/aromatic N) is 2. The lowest BCUT2D eigenvalue weighted by Crippen LogP contribution is -2.18. The number of nitrogens with one attached hydrogen (secondary N) is 1. The zero-order valence-electron chi connectivity index (χ0n) is 18.7. The highest BCUT2D eigenvalue weighted by Crippen LogP contribution is 2.35. The summed E-state index contributed by atoms with van der Waals surface area (Å²) in [6, 6.07) is 6.71. The number of ether oxygens (including phenoxy) is 3. The second kappa shape index (κ2) is 13.3. The molecule has 11 heteroatoms. The molecule has 3 aromatic rings. The molecule has 0 aliphatic rings. The van der Waals surface area contributed by atoms with Crippen LogP contribution in [0.1, 0.15) is 5.69 Å². The Labute approximate surface area is 212 Å². The van der Waals surface area contributed by atoms with E-state index in [1.165, 1.54) is 12.3 Å². The van der Waals surface area contributed by atoms with Gasteiger partial charge in [0.2, 0.25) is 0 Å². The molecule has 0 spiro atoms. The lowest BCUT2D eigenvalue weighted by molar-refractivity contribution is 0.00920. The minimum absolute atomic E-state index is 0.00490. The van der Waals surface area contributed by atoms with Crippen molar-refractivity contribution in [3.63, 3.8) is 0 Å². The van der Waals surface area contributed by atoms with E-state index in [2.05, 4.69) is 10.3 Å². The van der Waals surface area contributed by atoms with Gasteiger partial charge < -0.3 is 29.2 Å². The summed E-state index contributed by atoms with van der Waals surface area (Å²) in [5.74, 6) is 0.391. The predicted molar refractivity (Wildman–Crippen MR) is 135 cm³/mol. The molecule has 0 aliphatic heterocycles. The number of anilines is 1. The van der Waals surface area contributed by atoms with E-state index in [1.54, 1.807) is 29.7 Å². The lowest BCUT2D eigenvalue weighted by Gasteiger charge is -2.19. The number of fused-ring (bicyclic) bond motifs is 1. The average molecular weight is 531 g/mol. The van der Waals surface area contributed by atoms with E-state index in [0.717, 1.165) is 0 Å². The first-order chi connectivity index (χ1) is 16.5. The Kier molecular flexibility index (Phi) is 10.4. The molecule has 1 aromatic carbocycles. The number of aryl methyl sites for hydroxylation is 1. The quantitative estimate of drug-likeness (QED) is 0.321. The molecule has 34 heavy (non-hydrogen) atoms. The molecule has 184 valence electrons. The molecule has 0 fully saturated rings. The Morgan fingerprint density at radius 3 is 2.24 bits per heavy atom. The predicted octanol–water partition coefficient (Wildman–Crippen LogP) is 4.11. The van der Waals surface area contributed by atoms with Crippen molar-refractivity contribution < 1.29 is 19.3 Å². The topological polar surface area (TPSA) is 94.8 Å². The van der Waals surface area contributed by atoms with Crippen molar-refractivity contribution in [3.05, 3.63) is 61.4 Å². The van der Waals surface area contributed by atoms with Crippen LogP contribution >= 0.6 is 34.8 Å². The molecule has 2 N–H and O–H groups in total. The van der Waals surface area contributed by atoms with Crippen LogP contribution in [0.5, 0.6) is 0 Å². The molecule has 0 bridgehead atoms. The third-order valence-electron chi connectivity index (χ3n) is 4.85. The minimum Gasteiger partial charge on any atom is -0.394 e. The molecule has 0 aliphatic carbocycles. The number of hydrogen-bond acceptors (Lipinski definition) is 7. The molecule has 0 saturated carbocycles. The fourth-order valence-corrected chi connectivity index (χ4v) is 4.20. The summed E-state index contributed by atoms with van der Waals surface area (Å²) in [7, 11) is 0. The van der Waals surface area contributed by atoms with Crippen LogP contribution in [0.2, 0.25) is 15.1 Å². The van der Waals surface area contributed by atoms with Gasteiger partial charge in [0.1, 0.15) is 5.82 Å². The van der Waals surface area contributed by atoms with Crippen molar-refractivity contribution in [1.82, 2.24) is 9.55 Å². The Morgan fingerprint density at radius 2 is 1.59 bits per heavy atom. The summed E-state index contributed by atoms with van der Waals surface area (Å²) in [5.41, 5.74) is 1.42. The molecule has 0 atom stereocenters. The highest BCUT2D eigenvalue weighted by Gasteiger charge is 2.19. The number of benzene rings is 1. The minimum atomic E-state index is -0.220. The molecular formula is C23H26Cl3N3O5. The van der Waals surface area contributed by atoms with Crippen molar-refractivity contribution in [2.45, 2.75) is 6.92 Å². The van der Waals surface area contributed by atoms with Crippen LogP contribution in [0.4, 0.5) is 5.82 Å². The lowest BCUT2D eigenvalue weighted by atomic mass is 10.1. The summed E-state index contributed by atoms with van der Waals surface area (Å²) in [5, 5.41) is 13.3. The maximum atomic E-state index is 12.9. The van der Waals surface area contributed by atoms with Crippen LogP contribution < -0.4 is 10.7 Å². The molecule has 0 saturated heterocycles. The zero-order chi connectivity index (χ0) is 24.5. The Hall–Kier alpha value is -1.91. The van der Waals surface area contributed by atoms with Crippen LogP contribution in [-0.4, -0.2) is 67.5 Å². The van der Waals surface area contributed by atoms with Gasteiger partial charge in [0.05, 0.1) is 84.1 Å². The van der Waals surface area contributed by atoms with Crippen molar-refractivity contribution in [3.8, 4) is 5.69 Å². The average Bonchev–Trinajstić information content (AvgIpc) is 2.80. The van der Waals surface area contributed by atoms with Gasteiger partial charge in [0.15, 0.2) is 5.43 Å². The van der Waals surface area contributed by atoms with Crippen LogP contribution in [0.25, 0.3) is 16.6 Å². The first-order valence-electron chi connectivity index (χ1n) is 10.7. The summed E-state index contributed by atoms with van der Waals surface area (Å²) in [4.78, 5) is 17.3. The second-order valence-electron chi connectivity index (χ2n) is 7.22. The van der Waals surface area contributed by atoms with Crippen molar-refractivity contribution in [1.29, 1.82) is 0 Å². The Morgan fingerprint density at radius 1 is 0.971 bits per heavy atom. The maximum Gasteiger partial charge on any atom is 0.193 e. The van der Waals surface area contributed by atoms with E-state index in [1.807, 2.05) is 0 Å². The Bertz CT molecular complexity index is 1150. The smallest absolute Gasteiger partial charge is 0.193 e. The molecule has 8 nitrogen and oxygen atoms in total. The van der Waals surface area contributed by atoms with Crippen LogP contribution in [0, 0.1) is 6.92 Å². The van der Waals surface area contributed by atoms with E-state index in [0.29, 0.717) is 89.4 Å². The normalized spacial score (nSPS) is 11.3. The van der Waals surface area contributed by atoms with Gasteiger partial charge in [-0.25, -0.2) is 4.98 Å². The summed E-state index contributed by atoms with van der Waals surface area (Å²) in [6.45, 7) is 4.58. The molecule has 3 rings (SSSR count). The number of aliphatic hydroxyl groups is 1. The first kappa shape index (κ1) is 26.7. The SMILES string of the molecule is Cc1cc(=O)c2c(NCCOCCOCCOCCO)ncc(Cl)c2n1-c1c(Cl)cccc1Cl. The third-order valence-corrected chi connectivity index (χ3v) is 5.74. The van der Waals surface area contributed by atoms with E-state index < -0.39 is 0 Å².